The van der Waals surface area contributed by atoms with Gasteiger partial charge in [-0.05, 0) is 18.3 Å². The molecule has 1 fully saturated rings. The zero-order chi connectivity index (χ0) is 6.91. The molecule has 0 aromatic carbocycles. The van der Waals surface area contributed by atoms with E-state index < -0.39 is 0 Å². The Morgan fingerprint density at radius 3 is 2.44 bits per heavy atom. The first-order valence-corrected chi connectivity index (χ1v) is 4.47. The van der Waals surface area contributed by atoms with E-state index in [1.165, 1.54) is 25.9 Å². The molecular weight excluding hydrogens is 225 g/mol. The maximum atomic E-state index is 2.42. The second-order valence-corrected chi connectivity index (χ2v) is 4.98. The quantitative estimate of drug-likeness (QED) is 0.463. The number of nitrogens with zero attached hydrogens (tertiary/aromatic N) is 1. The normalized spacial score (nSPS) is 28.3. The molecule has 1 heterocycles. The fourth-order valence-corrected chi connectivity index (χ4v) is 2.62. The number of hydrogen-bond acceptors (Lipinski definition) is 1. The SMILES string of the molecule is CC1(C)CCCN(I)C1. The molecule has 1 nitrogen and oxygen atoms in total. The van der Waals surface area contributed by atoms with Crippen LogP contribution in [0, 0.1) is 5.41 Å². The molecule has 1 saturated heterocycles. The standard InChI is InChI=1S/C7H14IN/c1-7(2)4-3-5-9(8)6-7/h3-6H2,1-2H3. The Morgan fingerprint density at radius 2 is 2.11 bits per heavy atom. The van der Waals surface area contributed by atoms with Crippen molar-refractivity contribution in [1.29, 1.82) is 0 Å². The summed E-state index contributed by atoms with van der Waals surface area (Å²) >= 11 is 2.42. The first-order chi connectivity index (χ1) is 4.10. The number of hydrogen-bond donors (Lipinski definition) is 0. The molecule has 1 aliphatic heterocycles. The summed E-state index contributed by atoms with van der Waals surface area (Å²) in [5.74, 6) is 0. The molecule has 0 aliphatic carbocycles. The van der Waals surface area contributed by atoms with Crippen molar-refractivity contribution in [2.24, 2.45) is 5.41 Å². The van der Waals surface area contributed by atoms with Crippen molar-refractivity contribution in [3.63, 3.8) is 0 Å². The highest BCUT2D eigenvalue weighted by Gasteiger charge is 2.24. The van der Waals surface area contributed by atoms with E-state index in [-0.39, 0.29) is 0 Å². The molecule has 54 valence electrons. The zero-order valence-electron chi connectivity index (χ0n) is 6.15. The molecule has 1 aliphatic rings. The highest BCUT2D eigenvalue weighted by molar-refractivity contribution is 14.1. The van der Waals surface area contributed by atoms with Gasteiger partial charge in [0, 0.05) is 36.0 Å². The average molecular weight is 239 g/mol. The van der Waals surface area contributed by atoms with Gasteiger partial charge in [0.05, 0.1) is 0 Å². The lowest BCUT2D eigenvalue weighted by Gasteiger charge is -2.34. The summed E-state index contributed by atoms with van der Waals surface area (Å²) in [6.07, 6.45) is 2.77. The highest BCUT2D eigenvalue weighted by Crippen LogP contribution is 2.29. The summed E-state index contributed by atoms with van der Waals surface area (Å²) in [6, 6.07) is 0. The van der Waals surface area contributed by atoms with Gasteiger partial charge in [-0.25, -0.2) is 3.11 Å². The molecule has 2 heteroatoms. The van der Waals surface area contributed by atoms with Crippen LogP contribution in [0.5, 0.6) is 0 Å². The van der Waals surface area contributed by atoms with E-state index in [0.29, 0.717) is 5.41 Å². The Labute approximate surface area is 71.3 Å². The van der Waals surface area contributed by atoms with Crippen molar-refractivity contribution in [2.45, 2.75) is 26.7 Å². The molecular formula is C7H14IN. The van der Waals surface area contributed by atoms with Crippen molar-refractivity contribution >= 4 is 22.9 Å². The lowest BCUT2D eigenvalue weighted by atomic mass is 9.85. The fourth-order valence-electron chi connectivity index (χ4n) is 1.35. The zero-order valence-corrected chi connectivity index (χ0v) is 8.31. The predicted octanol–water partition coefficient (Wildman–Crippen LogP) is 2.46. The van der Waals surface area contributed by atoms with E-state index in [2.05, 4.69) is 39.8 Å². The fraction of sp³-hybridized carbons (Fsp3) is 1.00. The minimum atomic E-state index is 0.569. The van der Waals surface area contributed by atoms with Gasteiger partial charge in [-0.3, -0.25) is 0 Å². The summed E-state index contributed by atoms with van der Waals surface area (Å²) in [7, 11) is 0. The largest absolute Gasteiger partial charge is 0.247 e. The van der Waals surface area contributed by atoms with E-state index >= 15 is 0 Å². The van der Waals surface area contributed by atoms with Crippen molar-refractivity contribution in [2.75, 3.05) is 13.1 Å². The highest BCUT2D eigenvalue weighted by atomic mass is 127. The second kappa shape index (κ2) is 2.74. The minimum absolute atomic E-state index is 0.569. The van der Waals surface area contributed by atoms with E-state index in [1.807, 2.05) is 0 Å². The van der Waals surface area contributed by atoms with Crippen LogP contribution in [0.3, 0.4) is 0 Å². The van der Waals surface area contributed by atoms with Gasteiger partial charge in [-0.1, -0.05) is 13.8 Å². The Morgan fingerprint density at radius 1 is 1.44 bits per heavy atom. The van der Waals surface area contributed by atoms with Gasteiger partial charge in [0.25, 0.3) is 0 Å². The molecule has 0 radical (unpaired) electrons. The molecule has 0 atom stereocenters. The van der Waals surface area contributed by atoms with Crippen molar-refractivity contribution in [3.8, 4) is 0 Å². The van der Waals surface area contributed by atoms with Gasteiger partial charge < -0.3 is 0 Å². The molecule has 0 aromatic rings. The van der Waals surface area contributed by atoms with Gasteiger partial charge in [-0.2, -0.15) is 0 Å². The molecule has 1 rings (SSSR count). The number of piperidine rings is 1. The van der Waals surface area contributed by atoms with Gasteiger partial charge in [0.2, 0.25) is 0 Å². The lowest BCUT2D eigenvalue weighted by molar-refractivity contribution is 0.211. The molecule has 0 saturated carbocycles. The van der Waals surface area contributed by atoms with Crippen LogP contribution in [0.25, 0.3) is 0 Å². The monoisotopic (exact) mass is 239 g/mol. The van der Waals surface area contributed by atoms with Crippen molar-refractivity contribution in [3.05, 3.63) is 0 Å². The van der Waals surface area contributed by atoms with Crippen LogP contribution >= 0.6 is 22.9 Å². The van der Waals surface area contributed by atoms with Crippen LogP contribution < -0.4 is 0 Å². The molecule has 0 unspecified atom stereocenters. The summed E-state index contributed by atoms with van der Waals surface area (Å²) in [4.78, 5) is 0. The van der Waals surface area contributed by atoms with Crippen LogP contribution in [0.15, 0.2) is 0 Å². The Kier molecular flexibility index (Phi) is 2.37. The molecule has 0 aromatic heterocycles. The second-order valence-electron chi connectivity index (χ2n) is 3.61. The molecule has 9 heavy (non-hydrogen) atoms. The maximum absolute atomic E-state index is 2.42. The van der Waals surface area contributed by atoms with Gasteiger partial charge in [0.15, 0.2) is 0 Å². The smallest absolute Gasteiger partial charge is 0.0201 e. The molecule has 0 spiro atoms. The van der Waals surface area contributed by atoms with Gasteiger partial charge >= 0.3 is 0 Å². The molecule has 0 amide bonds. The summed E-state index contributed by atoms with van der Waals surface area (Å²) in [5, 5.41) is 0. The summed E-state index contributed by atoms with van der Waals surface area (Å²) in [6.45, 7) is 7.23. The minimum Gasteiger partial charge on any atom is -0.247 e. The summed E-state index contributed by atoms with van der Waals surface area (Å²) in [5.41, 5.74) is 0.569. The van der Waals surface area contributed by atoms with Crippen LogP contribution in [-0.2, 0) is 0 Å². The Hall–Kier alpha value is 0.690. The van der Waals surface area contributed by atoms with Crippen LogP contribution in [0.4, 0.5) is 0 Å². The first-order valence-electron chi connectivity index (χ1n) is 3.51. The van der Waals surface area contributed by atoms with Crippen molar-refractivity contribution < 1.29 is 0 Å². The third-order valence-corrected chi connectivity index (χ3v) is 2.68. The van der Waals surface area contributed by atoms with E-state index in [1.54, 1.807) is 0 Å². The third kappa shape index (κ3) is 2.42. The topological polar surface area (TPSA) is 3.24 Å². The molecule has 0 N–H and O–H groups in total. The molecule has 0 bridgehead atoms. The predicted molar refractivity (Wildman–Crippen MR) is 48.6 cm³/mol. The van der Waals surface area contributed by atoms with Gasteiger partial charge in [0.1, 0.15) is 0 Å². The summed E-state index contributed by atoms with van der Waals surface area (Å²) < 4.78 is 2.39. The van der Waals surface area contributed by atoms with E-state index in [9.17, 15) is 0 Å². The first kappa shape index (κ1) is 7.79. The van der Waals surface area contributed by atoms with E-state index in [4.69, 9.17) is 0 Å². The lowest BCUT2D eigenvalue weighted by Crippen LogP contribution is -2.33. The van der Waals surface area contributed by atoms with Crippen LogP contribution in [-0.4, -0.2) is 16.2 Å². The Bertz CT molecular complexity index is 101. The van der Waals surface area contributed by atoms with Crippen LogP contribution in [0.1, 0.15) is 26.7 Å². The third-order valence-electron chi connectivity index (χ3n) is 1.85. The average Bonchev–Trinajstić information content (AvgIpc) is 1.60. The maximum Gasteiger partial charge on any atom is 0.0201 e. The van der Waals surface area contributed by atoms with Gasteiger partial charge in [-0.15, -0.1) is 0 Å². The van der Waals surface area contributed by atoms with Crippen molar-refractivity contribution in [1.82, 2.24) is 3.11 Å². The Balaban J connectivity index is 2.41. The number of halogens is 1. The van der Waals surface area contributed by atoms with E-state index in [0.717, 1.165) is 0 Å². The van der Waals surface area contributed by atoms with Crippen LogP contribution in [0.2, 0.25) is 0 Å². The number of rotatable bonds is 0.